The van der Waals surface area contributed by atoms with Gasteiger partial charge in [0.2, 0.25) is 10.0 Å². The summed E-state index contributed by atoms with van der Waals surface area (Å²) in [4.78, 5) is 15.1. The first-order chi connectivity index (χ1) is 14.4. The van der Waals surface area contributed by atoms with Crippen molar-refractivity contribution in [1.82, 2.24) is 14.9 Å². The van der Waals surface area contributed by atoms with Gasteiger partial charge in [0.1, 0.15) is 5.82 Å². The minimum Gasteiger partial charge on any atom is -0.349 e. The smallest absolute Gasteiger partial charge is 0.251 e. The molecule has 0 bridgehead atoms. The lowest BCUT2D eigenvalue weighted by Crippen LogP contribution is -2.44. The number of nitrogens with one attached hydrogen (secondary N) is 2. The summed E-state index contributed by atoms with van der Waals surface area (Å²) < 4.78 is 40.4. The molecule has 2 aliphatic rings. The van der Waals surface area contributed by atoms with Crippen LogP contribution < -0.4 is 10.0 Å². The molecule has 8 heteroatoms. The third kappa shape index (κ3) is 5.44. The van der Waals surface area contributed by atoms with Crippen LogP contribution >= 0.6 is 0 Å². The van der Waals surface area contributed by atoms with Gasteiger partial charge in [-0.1, -0.05) is 18.2 Å². The van der Waals surface area contributed by atoms with Crippen LogP contribution in [0.3, 0.4) is 0 Å². The zero-order chi connectivity index (χ0) is 21.1. The molecule has 1 heterocycles. The van der Waals surface area contributed by atoms with E-state index in [0.717, 1.165) is 50.9 Å². The first-order valence-electron chi connectivity index (χ1n) is 10.3. The fraction of sp³-hybridized carbons (Fsp3) is 0.409. The largest absolute Gasteiger partial charge is 0.349 e. The van der Waals surface area contributed by atoms with Crippen molar-refractivity contribution in [2.24, 2.45) is 0 Å². The van der Waals surface area contributed by atoms with Gasteiger partial charge in [-0.2, -0.15) is 0 Å². The number of halogens is 1. The van der Waals surface area contributed by atoms with E-state index in [-0.39, 0.29) is 28.7 Å². The molecule has 0 unspecified atom stereocenters. The molecule has 1 aliphatic carbocycles. The average molecular weight is 432 g/mol. The van der Waals surface area contributed by atoms with Crippen molar-refractivity contribution in [3.63, 3.8) is 0 Å². The Balaban J connectivity index is 1.30. The van der Waals surface area contributed by atoms with Crippen LogP contribution in [0.15, 0.2) is 53.4 Å². The summed E-state index contributed by atoms with van der Waals surface area (Å²) in [5.41, 5.74) is 1.42. The third-order valence-corrected chi connectivity index (χ3v) is 7.07. The number of rotatable bonds is 7. The second-order valence-electron chi connectivity index (χ2n) is 8.07. The van der Waals surface area contributed by atoms with Crippen molar-refractivity contribution in [2.45, 2.75) is 49.2 Å². The van der Waals surface area contributed by atoms with Crippen molar-refractivity contribution >= 4 is 15.9 Å². The van der Waals surface area contributed by atoms with E-state index < -0.39 is 10.0 Å². The molecule has 0 aromatic heterocycles. The Morgan fingerprint density at radius 1 is 1.00 bits per heavy atom. The highest BCUT2D eigenvalue weighted by molar-refractivity contribution is 7.89. The van der Waals surface area contributed by atoms with Crippen LogP contribution in [-0.4, -0.2) is 44.4 Å². The Labute approximate surface area is 176 Å². The molecule has 0 spiro atoms. The number of nitrogens with zero attached hydrogens (tertiary/aromatic N) is 1. The Kier molecular flexibility index (Phi) is 6.17. The molecule has 2 aromatic carbocycles. The van der Waals surface area contributed by atoms with E-state index in [4.69, 9.17) is 0 Å². The van der Waals surface area contributed by atoms with E-state index in [1.54, 1.807) is 24.3 Å². The molecule has 0 atom stereocenters. The Bertz CT molecular complexity index is 999. The highest BCUT2D eigenvalue weighted by Crippen LogP contribution is 2.22. The zero-order valence-corrected chi connectivity index (χ0v) is 17.5. The summed E-state index contributed by atoms with van der Waals surface area (Å²) >= 11 is 0. The molecule has 1 aliphatic heterocycles. The van der Waals surface area contributed by atoms with Crippen molar-refractivity contribution < 1.29 is 17.6 Å². The summed E-state index contributed by atoms with van der Waals surface area (Å²) in [5, 5.41) is 3.03. The molecule has 2 aromatic rings. The number of likely N-dealkylation sites (tertiary alicyclic amines) is 1. The van der Waals surface area contributed by atoms with Crippen LogP contribution in [-0.2, 0) is 16.6 Å². The normalized spacial score (nSPS) is 18.3. The minimum absolute atomic E-state index is 0.0209. The Hall–Kier alpha value is -2.29. The van der Waals surface area contributed by atoms with E-state index >= 15 is 0 Å². The monoisotopic (exact) mass is 431 g/mol. The summed E-state index contributed by atoms with van der Waals surface area (Å²) in [5.74, 6) is -0.490. The highest BCUT2D eigenvalue weighted by Gasteiger charge is 2.28. The third-order valence-electron chi connectivity index (χ3n) is 5.55. The van der Waals surface area contributed by atoms with Crippen LogP contribution in [0.2, 0.25) is 0 Å². The van der Waals surface area contributed by atoms with Crippen LogP contribution in [0, 0.1) is 5.82 Å². The number of hydrogen-bond donors (Lipinski definition) is 2. The number of benzene rings is 2. The van der Waals surface area contributed by atoms with Crippen molar-refractivity contribution in [2.75, 3.05) is 13.1 Å². The van der Waals surface area contributed by atoms with Crippen LogP contribution in [0.1, 0.15) is 41.6 Å². The molecule has 0 radical (unpaired) electrons. The second kappa shape index (κ2) is 8.83. The Morgan fingerprint density at radius 2 is 1.70 bits per heavy atom. The van der Waals surface area contributed by atoms with Gasteiger partial charge in [-0.3, -0.25) is 9.69 Å². The number of sulfonamides is 1. The second-order valence-corrected chi connectivity index (χ2v) is 9.79. The number of hydrogen-bond acceptors (Lipinski definition) is 4. The van der Waals surface area contributed by atoms with Gasteiger partial charge in [-0.25, -0.2) is 17.5 Å². The van der Waals surface area contributed by atoms with E-state index in [0.29, 0.717) is 5.56 Å². The molecule has 2 N–H and O–H groups in total. The van der Waals surface area contributed by atoms with Gasteiger partial charge < -0.3 is 5.32 Å². The lowest BCUT2D eigenvalue weighted by atomic mass is 10.0. The topological polar surface area (TPSA) is 78.5 Å². The molecule has 1 saturated carbocycles. The van der Waals surface area contributed by atoms with Gasteiger partial charge in [0.05, 0.1) is 4.90 Å². The maximum atomic E-state index is 13.0. The SMILES string of the molecule is O=C(NC1CCN(Cc2ccc(F)cc2)CC1)c1cccc(S(=O)(=O)NC2CC2)c1. The minimum atomic E-state index is -3.59. The van der Waals surface area contributed by atoms with E-state index in [9.17, 15) is 17.6 Å². The van der Waals surface area contributed by atoms with E-state index in [1.165, 1.54) is 24.3 Å². The molecule has 6 nitrogen and oxygen atoms in total. The fourth-order valence-electron chi connectivity index (χ4n) is 3.65. The van der Waals surface area contributed by atoms with Crippen LogP contribution in [0.5, 0.6) is 0 Å². The molecule has 2 fully saturated rings. The van der Waals surface area contributed by atoms with Gasteiger partial charge in [-0.15, -0.1) is 0 Å². The summed E-state index contributed by atoms with van der Waals surface area (Å²) in [7, 11) is -3.59. The molecule has 4 rings (SSSR count). The van der Waals surface area contributed by atoms with Crippen molar-refractivity contribution in [1.29, 1.82) is 0 Å². The lowest BCUT2D eigenvalue weighted by Gasteiger charge is -2.32. The van der Waals surface area contributed by atoms with Gasteiger partial charge in [0.25, 0.3) is 5.91 Å². The quantitative estimate of drug-likeness (QED) is 0.707. The molecular weight excluding hydrogens is 405 g/mol. The maximum Gasteiger partial charge on any atom is 0.251 e. The number of carbonyl (C=O) groups is 1. The van der Waals surface area contributed by atoms with Crippen molar-refractivity contribution in [3.8, 4) is 0 Å². The first-order valence-corrected chi connectivity index (χ1v) is 11.8. The van der Waals surface area contributed by atoms with Crippen LogP contribution in [0.25, 0.3) is 0 Å². The lowest BCUT2D eigenvalue weighted by molar-refractivity contribution is 0.0908. The Morgan fingerprint density at radius 3 is 2.37 bits per heavy atom. The average Bonchev–Trinajstić information content (AvgIpc) is 3.54. The zero-order valence-electron chi connectivity index (χ0n) is 16.7. The highest BCUT2D eigenvalue weighted by atomic mass is 32.2. The standard InChI is InChI=1S/C22H26FN3O3S/c23-18-6-4-16(5-7-18)15-26-12-10-19(11-13-26)24-22(27)17-2-1-3-21(14-17)30(28,29)25-20-8-9-20/h1-7,14,19-20,25H,8-13,15H2,(H,24,27). The van der Waals surface area contributed by atoms with Gasteiger partial charge in [0.15, 0.2) is 0 Å². The molecule has 160 valence electrons. The van der Waals surface area contributed by atoms with Crippen LogP contribution in [0.4, 0.5) is 4.39 Å². The predicted octanol–water partition coefficient (Wildman–Crippen LogP) is 2.66. The summed E-state index contributed by atoms with van der Waals surface area (Å²) in [6.45, 7) is 2.43. The first kappa shape index (κ1) is 21.0. The summed E-state index contributed by atoms with van der Waals surface area (Å²) in [6, 6.07) is 12.8. The molecular formula is C22H26FN3O3S. The van der Waals surface area contributed by atoms with E-state index in [1.807, 2.05) is 0 Å². The van der Waals surface area contributed by atoms with Gasteiger partial charge >= 0.3 is 0 Å². The van der Waals surface area contributed by atoms with Gasteiger partial charge in [0, 0.05) is 37.3 Å². The maximum absolute atomic E-state index is 13.0. The number of carbonyl (C=O) groups excluding carboxylic acids is 1. The molecule has 1 saturated heterocycles. The molecule has 1 amide bonds. The summed E-state index contributed by atoms with van der Waals surface area (Å²) in [6.07, 6.45) is 3.35. The predicted molar refractivity (Wildman–Crippen MR) is 112 cm³/mol. The number of amides is 1. The fourth-order valence-corrected chi connectivity index (χ4v) is 5.00. The number of piperidine rings is 1. The van der Waals surface area contributed by atoms with Crippen molar-refractivity contribution in [3.05, 3.63) is 65.5 Å². The van der Waals surface area contributed by atoms with E-state index in [2.05, 4.69) is 14.9 Å². The molecule has 30 heavy (non-hydrogen) atoms. The van der Waals surface area contributed by atoms with Gasteiger partial charge in [-0.05, 0) is 61.6 Å².